The van der Waals surface area contributed by atoms with Crippen LogP contribution in [-0.4, -0.2) is 75.6 Å². The van der Waals surface area contributed by atoms with Crippen LogP contribution < -0.4 is 33.8 Å². The van der Waals surface area contributed by atoms with Gasteiger partial charge in [-0.3, -0.25) is 14.6 Å². The van der Waals surface area contributed by atoms with Gasteiger partial charge in [0.25, 0.3) is 0 Å². The molecule has 6 bridgehead atoms. The van der Waals surface area contributed by atoms with Gasteiger partial charge in [0.15, 0.2) is 39.9 Å². The molecule has 6 aromatic rings. The van der Waals surface area contributed by atoms with Crippen LogP contribution in [-0.2, 0) is 32.1 Å². The molecular formula is C53H58N2O10. The molecule has 0 fully saturated rings. The minimum Gasteiger partial charge on any atom is -0.507 e. The molecule has 65 heavy (non-hydrogen) atoms. The zero-order valence-electron chi connectivity index (χ0n) is 38.7. The predicted molar refractivity (Wildman–Crippen MR) is 251 cm³/mol. The van der Waals surface area contributed by atoms with Crippen molar-refractivity contribution in [2.45, 2.75) is 65.0 Å². The first-order valence-electron chi connectivity index (χ1n) is 21.9. The quantitative estimate of drug-likeness (QED) is 0.154. The molecule has 0 spiro atoms. The van der Waals surface area contributed by atoms with Crippen LogP contribution in [0.2, 0.25) is 0 Å². The first-order valence-corrected chi connectivity index (χ1v) is 21.9. The number of likely N-dealkylation sites (N-methyl/N-ethyl adjacent to an activating group) is 2. The third kappa shape index (κ3) is 9.06. The van der Waals surface area contributed by atoms with Crippen molar-refractivity contribution in [2.75, 3.05) is 55.6 Å². The van der Waals surface area contributed by atoms with E-state index in [4.69, 9.17) is 32.8 Å². The average molecular weight is 883 g/mol. The molecule has 0 saturated heterocycles. The average Bonchev–Trinajstić information content (AvgIpc) is 3.28. The summed E-state index contributed by atoms with van der Waals surface area (Å²) in [6.07, 6.45) is 5.61. The molecule has 5 heterocycles. The molecule has 2 unspecified atom stereocenters. The van der Waals surface area contributed by atoms with Crippen LogP contribution in [0, 0.1) is 6.92 Å². The second kappa shape index (κ2) is 18.8. The summed E-state index contributed by atoms with van der Waals surface area (Å²) in [6.45, 7) is 7.35. The number of phenols is 2. The SMILES string of the molecule is CC(C)=CCc1c(O)cc2oc(C)cc(=O)c2c1O.COc1ccc2cc1Oc1ccc(cc1)CC1c3cc(c(OC)cc3CCN1C)Oc1c(OC)c(OC)cc3c1C(C2)N(C)CC3. The Balaban J connectivity index is 0.000000254. The van der Waals surface area contributed by atoms with Gasteiger partial charge < -0.3 is 43.1 Å². The van der Waals surface area contributed by atoms with Crippen molar-refractivity contribution >= 4 is 11.0 Å². The molecule has 0 radical (unpaired) electrons. The van der Waals surface area contributed by atoms with Gasteiger partial charge in [-0.1, -0.05) is 29.8 Å². The van der Waals surface area contributed by atoms with E-state index in [1.54, 1.807) is 35.4 Å². The molecule has 4 aliphatic heterocycles. The van der Waals surface area contributed by atoms with Crippen LogP contribution in [0.25, 0.3) is 11.0 Å². The van der Waals surface area contributed by atoms with Gasteiger partial charge in [0.2, 0.25) is 5.75 Å². The lowest BCUT2D eigenvalue weighted by atomic mass is 9.87. The largest absolute Gasteiger partial charge is 0.507 e. The lowest BCUT2D eigenvalue weighted by Gasteiger charge is -2.37. The summed E-state index contributed by atoms with van der Waals surface area (Å²) < 4.78 is 42.4. The third-order valence-corrected chi connectivity index (χ3v) is 12.8. The molecular weight excluding hydrogens is 825 g/mol. The van der Waals surface area contributed by atoms with Crippen molar-refractivity contribution < 1.29 is 43.1 Å². The fraction of sp³-hybridized carbons (Fsp3) is 0.340. The van der Waals surface area contributed by atoms with Crippen LogP contribution in [0.15, 0.2) is 93.7 Å². The van der Waals surface area contributed by atoms with E-state index in [0.717, 1.165) is 61.2 Å². The van der Waals surface area contributed by atoms with Crippen LogP contribution in [0.1, 0.15) is 70.6 Å². The van der Waals surface area contributed by atoms with Crippen molar-refractivity contribution in [2.24, 2.45) is 0 Å². The Labute approximate surface area is 380 Å². The maximum atomic E-state index is 11.9. The highest BCUT2D eigenvalue weighted by molar-refractivity contribution is 5.86. The summed E-state index contributed by atoms with van der Waals surface area (Å²) in [5, 5.41) is 20.2. The first-order chi connectivity index (χ1) is 31.3. The van der Waals surface area contributed by atoms with Gasteiger partial charge in [-0.05, 0) is 137 Å². The first kappa shape index (κ1) is 45.0. The minimum absolute atomic E-state index is 0.000437. The van der Waals surface area contributed by atoms with E-state index in [0.29, 0.717) is 58.0 Å². The summed E-state index contributed by atoms with van der Waals surface area (Å²) in [4.78, 5) is 16.7. The van der Waals surface area contributed by atoms with E-state index in [1.165, 1.54) is 34.4 Å². The summed E-state index contributed by atoms with van der Waals surface area (Å²) in [6, 6.07) is 23.9. The zero-order chi connectivity index (χ0) is 46.1. The van der Waals surface area contributed by atoms with Gasteiger partial charge in [0, 0.05) is 48.4 Å². The molecule has 2 N–H and O–H groups in total. The number of methoxy groups -OCH3 is 4. The Bertz CT molecular complexity index is 2830. The Morgan fingerprint density at radius 2 is 1.38 bits per heavy atom. The number of aromatic hydroxyl groups is 2. The van der Waals surface area contributed by atoms with Gasteiger partial charge in [-0.25, -0.2) is 0 Å². The Hall–Kier alpha value is -6.63. The molecule has 5 aromatic carbocycles. The lowest BCUT2D eigenvalue weighted by molar-refractivity contribution is 0.220. The second-order valence-corrected chi connectivity index (χ2v) is 17.3. The summed E-state index contributed by atoms with van der Waals surface area (Å²) in [5.41, 5.74) is 8.44. The maximum absolute atomic E-state index is 11.9. The minimum atomic E-state index is -0.310. The van der Waals surface area contributed by atoms with Crippen molar-refractivity contribution in [3.63, 3.8) is 0 Å². The Kier molecular flexibility index (Phi) is 13.0. The van der Waals surface area contributed by atoms with E-state index >= 15 is 0 Å². The highest BCUT2D eigenvalue weighted by Gasteiger charge is 2.35. The molecule has 4 aliphatic rings. The van der Waals surface area contributed by atoms with E-state index in [2.05, 4.69) is 66.4 Å². The van der Waals surface area contributed by atoms with Gasteiger partial charge in [-0.2, -0.15) is 0 Å². The summed E-state index contributed by atoms with van der Waals surface area (Å²) >= 11 is 0. The van der Waals surface area contributed by atoms with Crippen molar-refractivity contribution in [3.8, 4) is 57.5 Å². The number of nitrogens with zero attached hydrogens (tertiary/aromatic N) is 2. The smallest absolute Gasteiger partial charge is 0.204 e. The number of rotatable bonds is 6. The molecule has 0 amide bonds. The Morgan fingerprint density at radius 1 is 0.738 bits per heavy atom. The van der Waals surface area contributed by atoms with Gasteiger partial charge in [-0.15, -0.1) is 0 Å². The van der Waals surface area contributed by atoms with Crippen LogP contribution in [0.3, 0.4) is 0 Å². The van der Waals surface area contributed by atoms with Crippen LogP contribution >= 0.6 is 0 Å². The number of hydrogen-bond donors (Lipinski definition) is 2. The van der Waals surface area contributed by atoms with E-state index in [1.807, 2.05) is 38.1 Å². The highest BCUT2D eigenvalue weighted by Crippen LogP contribution is 2.52. The number of aryl methyl sites for hydroxylation is 1. The zero-order valence-corrected chi connectivity index (χ0v) is 38.7. The van der Waals surface area contributed by atoms with Gasteiger partial charge in [0.1, 0.15) is 34.0 Å². The van der Waals surface area contributed by atoms with E-state index in [-0.39, 0.29) is 40.0 Å². The molecule has 340 valence electrons. The van der Waals surface area contributed by atoms with E-state index in [9.17, 15) is 15.0 Å². The van der Waals surface area contributed by atoms with Crippen LogP contribution in [0.5, 0.6) is 57.5 Å². The van der Waals surface area contributed by atoms with Crippen LogP contribution in [0.4, 0.5) is 0 Å². The highest BCUT2D eigenvalue weighted by atomic mass is 16.5. The predicted octanol–water partition coefficient (Wildman–Crippen LogP) is 10.2. The maximum Gasteiger partial charge on any atom is 0.204 e. The third-order valence-electron chi connectivity index (χ3n) is 12.8. The normalized spacial score (nSPS) is 16.7. The van der Waals surface area contributed by atoms with Crippen molar-refractivity contribution in [1.29, 1.82) is 0 Å². The molecule has 12 nitrogen and oxygen atoms in total. The molecule has 12 heteroatoms. The number of hydrogen-bond acceptors (Lipinski definition) is 12. The molecule has 2 atom stereocenters. The van der Waals surface area contributed by atoms with Crippen molar-refractivity contribution in [1.82, 2.24) is 9.80 Å². The second-order valence-electron chi connectivity index (χ2n) is 17.3. The Morgan fingerprint density at radius 3 is 2.08 bits per heavy atom. The molecule has 0 aliphatic carbocycles. The molecule has 0 saturated carbocycles. The summed E-state index contributed by atoms with van der Waals surface area (Å²) in [7, 11) is 11.1. The van der Waals surface area contributed by atoms with Gasteiger partial charge in [0.05, 0.1) is 28.4 Å². The number of ether oxygens (including phenoxy) is 6. The standard InChI is InChI=1S/C38H42N2O6.C15H16O4/c1-39-15-13-25-20-32(42-4)34-22-28(25)29(39)17-23-7-10-27(11-8-23)45-33-19-24(9-12-31(33)41-3)18-30-36-26(14-16-40(30)2)21-35(43-5)37(44-6)38(36)46-34;1-8(2)4-5-10-11(16)7-13-14(15(10)18)12(17)6-9(3)19-13/h7-12,19-22,29-30H,13-18H2,1-6H3;4,6-7,16,18H,5H2,1-3H3. The topological polar surface area (TPSA) is 133 Å². The molecule has 10 rings (SSSR count). The lowest BCUT2D eigenvalue weighted by Crippen LogP contribution is -2.34. The molecule has 1 aromatic heterocycles. The fourth-order valence-electron chi connectivity index (χ4n) is 9.23. The number of benzene rings is 5. The number of phenolic OH excluding ortho intramolecular Hbond substituents is 2. The van der Waals surface area contributed by atoms with Gasteiger partial charge >= 0.3 is 0 Å². The van der Waals surface area contributed by atoms with Crippen molar-refractivity contribution in [3.05, 3.63) is 139 Å². The van der Waals surface area contributed by atoms with E-state index < -0.39 is 0 Å². The number of allylic oxidation sites excluding steroid dienone is 2. The monoisotopic (exact) mass is 882 g/mol. The summed E-state index contributed by atoms with van der Waals surface area (Å²) in [5.74, 6) is 5.57. The number of fused-ring (bicyclic) bond motifs is 3. The fourth-order valence-corrected chi connectivity index (χ4v) is 9.23.